The highest BCUT2D eigenvalue weighted by molar-refractivity contribution is 7.91. The number of carbonyl (C=O) groups excluding carboxylic acids is 2. The van der Waals surface area contributed by atoms with Crippen molar-refractivity contribution in [1.29, 1.82) is 0 Å². The summed E-state index contributed by atoms with van der Waals surface area (Å²) in [5.74, 6) is -1.65. The Hall–Kier alpha value is -1.69. The largest absolute Gasteiger partial charge is 0.466 e. The molecular weight excluding hydrogens is 292 g/mol. The smallest absolute Gasteiger partial charge is 0.306 e. The fourth-order valence-electron chi connectivity index (χ4n) is 1.85. The first-order valence-corrected chi connectivity index (χ1v) is 8.58. The molecule has 0 saturated carbocycles. The second-order valence-corrected chi connectivity index (χ2v) is 6.87. The summed E-state index contributed by atoms with van der Waals surface area (Å²) in [4.78, 5) is 22.8. The van der Waals surface area contributed by atoms with Gasteiger partial charge < -0.3 is 4.74 Å². The maximum Gasteiger partial charge on any atom is 0.306 e. The fourth-order valence-corrected chi connectivity index (χ4v) is 3.39. The van der Waals surface area contributed by atoms with Crippen molar-refractivity contribution in [3.8, 4) is 0 Å². The number of rotatable bonds is 8. The molecule has 6 heteroatoms. The molecule has 0 fully saturated rings. The van der Waals surface area contributed by atoms with Gasteiger partial charge >= 0.3 is 5.97 Å². The second-order valence-electron chi connectivity index (χ2n) is 4.80. The molecule has 0 aliphatic carbocycles. The quantitative estimate of drug-likeness (QED) is 0.684. The van der Waals surface area contributed by atoms with Gasteiger partial charge in [-0.05, 0) is 25.0 Å². The summed E-state index contributed by atoms with van der Waals surface area (Å²) in [6, 6.07) is 7.15. The Balaban J connectivity index is 2.54. The molecule has 0 saturated heterocycles. The van der Waals surface area contributed by atoms with Crippen molar-refractivity contribution in [3.05, 3.63) is 35.4 Å². The van der Waals surface area contributed by atoms with E-state index >= 15 is 0 Å². The highest BCUT2D eigenvalue weighted by atomic mass is 32.2. The van der Waals surface area contributed by atoms with Crippen LogP contribution < -0.4 is 0 Å². The molecule has 5 nitrogen and oxygen atoms in total. The second kappa shape index (κ2) is 7.93. The van der Waals surface area contributed by atoms with Gasteiger partial charge in [0.05, 0.1) is 18.8 Å². The summed E-state index contributed by atoms with van der Waals surface area (Å²) in [6.07, 6.45) is -0.182. The van der Waals surface area contributed by atoms with E-state index in [4.69, 9.17) is 4.74 Å². The zero-order valence-corrected chi connectivity index (χ0v) is 13.1. The Bertz CT molecular complexity index is 604. The lowest BCUT2D eigenvalue weighted by atomic mass is 10.1. The van der Waals surface area contributed by atoms with Crippen molar-refractivity contribution >= 4 is 21.6 Å². The molecule has 0 aromatic heterocycles. The maximum absolute atomic E-state index is 12.0. The van der Waals surface area contributed by atoms with Crippen molar-refractivity contribution in [1.82, 2.24) is 0 Å². The number of Topliss-reactive ketones (excluding diaryl/α,β-unsaturated/α-hetero) is 1. The first-order valence-electron chi connectivity index (χ1n) is 6.76. The Morgan fingerprint density at radius 1 is 1.14 bits per heavy atom. The highest BCUT2D eigenvalue weighted by Gasteiger charge is 2.19. The van der Waals surface area contributed by atoms with Crippen molar-refractivity contribution in [3.63, 3.8) is 0 Å². The van der Waals surface area contributed by atoms with Gasteiger partial charge in [-0.3, -0.25) is 9.59 Å². The normalized spacial score (nSPS) is 11.1. The third-order valence-electron chi connectivity index (χ3n) is 2.93. The molecule has 0 radical (unpaired) electrons. The van der Waals surface area contributed by atoms with E-state index in [1.807, 2.05) is 19.1 Å². The first kappa shape index (κ1) is 17.4. The maximum atomic E-state index is 12.0. The monoisotopic (exact) mass is 312 g/mol. The lowest BCUT2D eigenvalue weighted by Crippen LogP contribution is -2.19. The molecule has 0 amide bonds. The zero-order chi connectivity index (χ0) is 15.9. The average molecular weight is 312 g/mol. The van der Waals surface area contributed by atoms with Crippen molar-refractivity contribution in [2.24, 2.45) is 0 Å². The van der Waals surface area contributed by atoms with E-state index in [2.05, 4.69) is 0 Å². The van der Waals surface area contributed by atoms with Crippen LogP contribution in [-0.2, 0) is 29.9 Å². The summed E-state index contributed by atoms with van der Waals surface area (Å²) in [6.45, 7) is 3.75. The molecule has 1 rings (SSSR count). The van der Waals surface area contributed by atoms with Gasteiger partial charge in [0.25, 0.3) is 0 Å². The van der Waals surface area contributed by atoms with E-state index in [1.54, 1.807) is 19.1 Å². The molecular formula is C15H20O5S. The molecule has 0 N–H and O–H groups in total. The van der Waals surface area contributed by atoms with E-state index < -0.39 is 27.3 Å². The predicted molar refractivity (Wildman–Crippen MR) is 79.5 cm³/mol. The third-order valence-corrected chi connectivity index (χ3v) is 4.44. The fraction of sp³-hybridized carbons (Fsp3) is 0.467. The molecule has 0 spiro atoms. The number of ether oxygens (including phenoxy) is 1. The zero-order valence-electron chi connectivity index (χ0n) is 12.3. The van der Waals surface area contributed by atoms with Gasteiger partial charge in [0.15, 0.2) is 9.84 Å². The van der Waals surface area contributed by atoms with Crippen molar-refractivity contribution < 1.29 is 22.7 Å². The Kier molecular flexibility index (Phi) is 6.55. The average Bonchev–Trinajstić information content (AvgIpc) is 2.39. The lowest BCUT2D eigenvalue weighted by molar-refractivity contribution is -0.144. The minimum absolute atomic E-state index is 0.0768. The summed E-state index contributed by atoms with van der Waals surface area (Å²) in [5.41, 5.74) is 1.57. The number of hydrogen-bond acceptors (Lipinski definition) is 5. The van der Waals surface area contributed by atoms with Crippen LogP contribution in [-0.4, -0.2) is 32.5 Å². The molecule has 0 bridgehead atoms. The lowest BCUT2D eigenvalue weighted by Gasteiger charge is -2.07. The van der Waals surface area contributed by atoms with E-state index in [0.717, 1.165) is 5.56 Å². The van der Waals surface area contributed by atoms with E-state index in [9.17, 15) is 18.0 Å². The molecule has 1 aromatic carbocycles. The molecule has 21 heavy (non-hydrogen) atoms. The Labute approximate surface area is 125 Å². The van der Waals surface area contributed by atoms with Crippen molar-refractivity contribution in [2.45, 2.75) is 32.4 Å². The van der Waals surface area contributed by atoms with Crippen LogP contribution in [0.15, 0.2) is 24.3 Å². The number of esters is 1. The molecule has 1 aromatic rings. The van der Waals surface area contributed by atoms with Gasteiger partial charge in [0, 0.05) is 6.42 Å². The number of sulfone groups is 1. The summed E-state index contributed by atoms with van der Waals surface area (Å²) in [5, 5.41) is 0. The summed E-state index contributed by atoms with van der Waals surface area (Å²) >= 11 is 0. The van der Waals surface area contributed by atoms with E-state index in [1.165, 1.54) is 0 Å². The van der Waals surface area contributed by atoms with Crippen LogP contribution in [0.5, 0.6) is 0 Å². The Morgan fingerprint density at radius 2 is 1.81 bits per heavy atom. The highest BCUT2D eigenvalue weighted by Crippen LogP contribution is 2.12. The van der Waals surface area contributed by atoms with Crippen LogP contribution in [0.2, 0.25) is 0 Å². The molecule has 0 atom stereocenters. The van der Waals surface area contributed by atoms with E-state index in [-0.39, 0.29) is 25.2 Å². The van der Waals surface area contributed by atoms with Crippen LogP contribution in [0, 0.1) is 6.92 Å². The van der Waals surface area contributed by atoms with E-state index in [0.29, 0.717) is 5.56 Å². The van der Waals surface area contributed by atoms with Gasteiger partial charge in [-0.1, -0.05) is 24.3 Å². The molecule has 0 unspecified atom stereocenters. The molecule has 116 valence electrons. The number of hydrogen-bond donors (Lipinski definition) is 0. The van der Waals surface area contributed by atoms with Gasteiger partial charge in [-0.2, -0.15) is 0 Å². The number of ketones is 1. The van der Waals surface area contributed by atoms with Gasteiger partial charge in [0.1, 0.15) is 11.5 Å². The Morgan fingerprint density at radius 3 is 2.43 bits per heavy atom. The van der Waals surface area contributed by atoms with Crippen LogP contribution >= 0.6 is 0 Å². The minimum Gasteiger partial charge on any atom is -0.466 e. The van der Waals surface area contributed by atoms with Gasteiger partial charge in [-0.25, -0.2) is 8.42 Å². The SMILES string of the molecule is CCOC(=O)CCC(=O)CS(=O)(=O)Cc1ccccc1C. The predicted octanol–water partition coefficient (Wildman–Crippen LogP) is 1.82. The van der Waals surface area contributed by atoms with Crippen molar-refractivity contribution in [2.75, 3.05) is 12.4 Å². The summed E-state index contributed by atoms with van der Waals surface area (Å²) < 4.78 is 28.7. The van der Waals surface area contributed by atoms with Crippen LogP contribution in [0.25, 0.3) is 0 Å². The minimum atomic E-state index is -3.52. The van der Waals surface area contributed by atoms with Crippen LogP contribution in [0.1, 0.15) is 30.9 Å². The number of aryl methyl sites for hydroxylation is 1. The number of carbonyl (C=O) groups is 2. The molecule has 0 aliphatic rings. The van der Waals surface area contributed by atoms with Gasteiger partial charge in [0.2, 0.25) is 0 Å². The van der Waals surface area contributed by atoms with Gasteiger partial charge in [-0.15, -0.1) is 0 Å². The topological polar surface area (TPSA) is 77.5 Å². The third kappa shape index (κ3) is 6.53. The molecule has 0 aliphatic heterocycles. The summed E-state index contributed by atoms with van der Waals surface area (Å²) in [7, 11) is -3.52. The first-order chi connectivity index (χ1) is 9.84. The van der Waals surface area contributed by atoms with Crippen LogP contribution in [0.3, 0.4) is 0 Å². The number of benzene rings is 1. The molecule has 0 heterocycles. The van der Waals surface area contributed by atoms with Crippen LogP contribution in [0.4, 0.5) is 0 Å². The standard InChI is InChI=1S/C15H20O5S/c1-3-20-15(17)9-8-14(16)11-21(18,19)10-13-7-5-4-6-12(13)2/h4-7H,3,8-11H2,1-2H3.